The molecule has 1 aromatic heterocycles. The second-order valence-electron chi connectivity index (χ2n) is 4.02. The van der Waals surface area contributed by atoms with Crippen molar-refractivity contribution in [3.8, 4) is 0 Å². The van der Waals surface area contributed by atoms with Crippen LogP contribution >= 0.6 is 0 Å². The minimum atomic E-state index is 0.739. The van der Waals surface area contributed by atoms with Gasteiger partial charge in [0.2, 0.25) is 0 Å². The third-order valence-corrected chi connectivity index (χ3v) is 2.62. The van der Waals surface area contributed by atoms with E-state index in [1.54, 1.807) is 6.20 Å². The molecule has 0 aliphatic heterocycles. The lowest BCUT2D eigenvalue weighted by molar-refractivity contribution is 0.881. The monoisotopic (exact) mass is 228 g/mol. The van der Waals surface area contributed by atoms with E-state index in [4.69, 9.17) is 5.73 Å². The van der Waals surface area contributed by atoms with Crippen LogP contribution in [0.3, 0.4) is 0 Å². The number of hydrogen-bond acceptors (Lipinski definition) is 4. The number of aromatic nitrogens is 2. The van der Waals surface area contributed by atoms with Crippen LogP contribution in [0.4, 0.5) is 11.5 Å². The molecule has 0 fully saturated rings. The van der Waals surface area contributed by atoms with Crippen molar-refractivity contribution in [3.05, 3.63) is 47.9 Å². The molecule has 2 aromatic rings. The zero-order valence-corrected chi connectivity index (χ0v) is 10.1. The Balaban J connectivity index is 2.17. The zero-order valence-electron chi connectivity index (χ0n) is 10.1. The van der Waals surface area contributed by atoms with Crippen LogP contribution in [0, 0.1) is 6.92 Å². The highest BCUT2D eigenvalue weighted by Crippen LogP contribution is 2.16. The van der Waals surface area contributed by atoms with E-state index >= 15 is 0 Å². The van der Waals surface area contributed by atoms with Crippen LogP contribution in [-0.4, -0.2) is 17.0 Å². The maximum Gasteiger partial charge on any atom is 0.132 e. The normalized spacial score (nSPS) is 10.2. The molecule has 0 atom stereocenters. The molecule has 1 aromatic carbocycles. The summed E-state index contributed by atoms with van der Waals surface area (Å²) in [5.41, 5.74) is 7.83. The standard InChI is InChI=1S/C13H16N4/c1-10-15-8-7-13(16-10)17(2)9-11-5-3-4-6-12(11)14/h3-8H,9,14H2,1-2H3. The molecule has 2 rings (SSSR count). The van der Waals surface area contributed by atoms with Crippen molar-refractivity contribution >= 4 is 11.5 Å². The molecular formula is C13H16N4. The zero-order chi connectivity index (χ0) is 12.3. The van der Waals surface area contributed by atoms with Crippen LogP contribution in [0.2, 0.25) is 0 Å². The number of hydrogen-bond donors (Lipinski definition) is 1. The highest BCUT2D eigenvalue weighted by atomic mass is 15.2. The van der Waals surface area contributed by atoms with Crippen LogP contribution in [0.5, 0.6) is 0 Å². The van der Waals surface area contributed by atoms with Crippen LogP contribution in [0.25, 0.3) is 0 Å². The highest BCUT2D eigenvalue weighted by molar-refractivity contribution is 5.49. The molecule has 0 saturated heterocycles. The molecule has 0 aliphatic carbocycles. The van der Waals surface area contributed by atoms with Crippen LogP contribution in [-0.2, 0) is 6.54 Å². The maximum atomic E-state index is 5.92. The Morgan fingerprint density at radius 2 is 2.00 bits per heavy atom. The van der Waals surface area contributed by atoms with Gasteiger partial charge < -0.3 is 10.6 Å². The van der Waals surface area contributed by atoms with Gasteiger partial charge in [0.25, 0.3) is 0 Å². The summed E-state index contributed by atoms with van der Waals surface area (Å²) < 4.78 is 0. The number of benzene rings is 1. The van der Waals surface area contributed by atoms with Gasteiger partial charge in [-0.1, -0.05) is 18.2 Å². The van der Waals surface area contributed by atoms with Crippen molar-refractivity contribution in [1.29, 1.82) is 0 Å². The topological polar surface area (TPSA) is 55.0 Å². The maximum absolute atomic E-state index is 5.92. The number of nitrogens with zero attached hydrogens (tertiary/aromatic N) is 3. The fourth-order valence-corrected chi connectivity index (χ4v) is 1.67. The molecular weight excluding hydrogens is 212 g/mol. The van der Waals surface area contributed by atoms with Crippen molar-refractivity contribution in [2.45, 2.75) is 13.5 Å². The second-order valence-corrected chi connectivity index (χ2v) is 4.02. The van der Waals surface area contributed by atoms with E-state index in [0.717, 1.165) is 29.4 Å². The molecule has 0 unspecified atom stereocenters. The summed E-state index contributed by atoms with van der Waals surface area (Å²) >= 11 is 0. The van der Waals surface area contributed by atoms with Gasteiger partial charge in [0.1, 0.15) is 11.6 Å². The van der Waals surface area contributed by atoms with Gasteiger partial charge in [-0.05, 0) is 24.6 Å². The molecule has 0 spiro atoms. The fraction of sp³-hybridized carbons (Fsp3) is 0.231. The fourth-order valence-electron chi connectivity index (χ4n) is 1.67. The van der Waals surface area contributed by atoms with Gasteiger partial charge in [0.05, 0.1) is 0 Å². The Kier molecular flexibility index (Phi) is 3.23. The van der Waals surface area contributed by atoms with Crippen molar-refractivity contribution in [2.24, 2.45) is 0 Å². The molecule has 17 heavy (non-hydrogen) atoms. The summed E-state index contributed by atoms with van der Waals surface area (Å²) in [4.78, 5) is 10.5. The van der Waals surface area contributed by atoms with Crippen molar-refractivity contribution in [2.75, 3.05) is 17.7 Å². The third kappa shape index (κ3) is 2.72. The Morgan fingerprint density at radius 3 is 2.71 bits per heavy atom. The van der Waals surface area contributed by atoms with E-state index in [2.05, 4.69) is 14.9 Å². The van der Waals surface area contributed by atoms with Gasteiger partial charge in [-0.3, -0.25) is 0 Å². The molecule has 2 N–H and O–H groups in total. The molecule has 0 aliphatic rings. The average Bonchev–Trinajstić information content (AvgIpc) is 2.32. The smallest absolute Gasteiger partial charge is 0.132 e. The van der Waals surface area contributed by atoms with Crippen LogP contribution < -0.4 is 10.6 Å². The van der Waals surface area contributed by atoms with E-state index in [0.29, 0.717) is 0 Å². The predicted octanol–water partition coefficient (Wildman–Crippen LogP) is 2.00. The molecule has 0 saturated carbocycles. The van der Waals surface area contributed by atoms with E-state index in [9.17, 15) is 0 Å². The predicted molar refractivity (Wildman–Crippen MR) is 69.7 cm³/mol. The van der Waals surface area contributed by atoms with E-state index < -0.39 is 0 Å². The quantitative estimate of drug-likeness (QED) is 0.816. The number of nitrogen functional groups attached to an aromatic ring is 1. The second kappa shape index (κ2) is 4.82. The molecule has 0 amide bonds. The summed E-state index contributed by atoms with van der Waals surface area (Å²) in [7, 11) is 1.99. The van der Waals surface area contributed by atoms with Gasteiger partial charge in [-0.2, -0.15) is 0 Å². The van der Waals surface area contributed by atoms with Crippen LogP contribution in [0.1, 0.15) is 11.4 Å². The first-order valence-electron chi connectivity index (χ1n) is 5.51. The summed E-state index contributed by atoms with van der Waals surface area (Å²) in [5.74, 6) is 1.68. The minimum absolute atomic E-state index is 0.739. The molecule has 0 bridgehead atoms. The lowest BCUT2D eigenvalue weighted by Gasteiger charge is -2.19. The number of para-hydroxylation sites is 1. The molecule has 1 heterocycles. The summed E-state index contributed by atoms with van der Waals surface area (Å²) in [6.07, 6.45) is 1.77. The molecule has 4 nitrogen and oxygen atoms in total. The molecule has 4 heteroatoms. The number of anilines is 2. The Labute approximate surface area is 101 Å². The lowest BCUT2D eigenvalue weighted by Crippen LogP contribution is -2.18. The Hall–Kier alpha value is -2.10. The van der Waals surface area contributed by atoms with Crippen molar-refractivity contribution in [1.82, 2.24) is 9.97 Å². The van der Waals surface area contributed by atoms with Gasteiger partial charge in [0, 0.05) is 25.5 Å². The largest absolute Gasteiger partial charge is 0.398 e. The van der Waals surface area contributed by atoms with Gasteiger partial charge >= 0.3 is 0 Å². The number of rotatable bonds is 3. The Bertz CT molecular complexity index is 510. The number of aryl methyl sites for hydroxylation is 1. The van der Waals surface area contributed by atoms with E-state index in [1.165, 1.54) is 0 Å². The van der Waals surface area contributed by atoms with Crippen molar-refractivity contribution < 1.29 is 0 Å². The first kappa shape index (κ1) is 11.4. The summed E-state index contributed by atoms with van der Waals surface area (Å²) in [5, 5.41) is 0. The van der Waals surface area contributed by atoms with Crippen LogP contribution in [0.15, 0.2) is 36.5 Å². The number of nitrogens with two attached hydrogens (primary N) is 1. The Morgan fingerprint density at radius 1 is 1.24 bits per heavy atom. The average molecular weight is 228 g/mol. The van der Waals surface area contributed by atoms with Gasteiger partial charge in [-0.25, -0.2) is 9.97 Å². The molecule has 88 valence electrons. The minimum Gasteiger partial charge on any atom is -0.398 e. The third-order valence-electron chi connectivity index (χ3n) is 2.62. The van der Waals surface area contributed by atoms with E-state index in [1.807, 2.05) is 44.3 Å². The van der Waals surface area contributed by atoms with E-state index in [-0.39, 0.29) is 0 Å². The first-order valence-corrected chi connectivity index (χ1v) is 5.51. The SMILES string of the molecule is Cc1nccc(N(C)Cc2ccccc2N)n1. The van der Waals surface area contributed by atoms with Gasteiger partial charge in [-0.15, -0.1) is 0 Å². The highest BCUT2D eigenvalue weighted by Gasteiger charge is 2.05. The summed E-state index contributed by atoms with van der Waals surface area (Å²) in [6, 6.07) is 9.76. The van der Waals surface area contributed by atoms with Gasteiger partial charge in [0.15, 0.2) is 0 Å². The van der Waals surface area contributed by atoms with Crippen molar-refractivity contribution in [3.63, 3.8) is 0 Å². The first-order chi connectivity index (χ1) is 8.16. The summed E-state index contributed by atoms with van der Waals surface area (Å²) in [6.45, 7) is 2.62. The molecule has 0 radical (unpaired) electrons. The lowest BCUT2D eigenvalue weighted by atomic mass is 10.2.